The van der Waals surface area contributed by atoms with Crippen LogP contribution < -0.4 is 0 Å². The summed E-state index contributed by atoms with van der Waals surface area (Å²) in [6, 6.07) is 0. The molecule has 2 nitrogen and oxygen atoms in total. The monoisotopic (exact) mass is 154 g/mol. The van der Waals surface area contributed by atoms with E-state index in [9.17, 15) is 4.79 Å². The molecule has 1 rings (SSSR count). The van der Waals surface area contributed by atoms with Gasteiger partial charge >= 0.3 is 5.97 Å². The number of carboxylic acids is 1. The van der Waals surface area contributed by atoms with Gasteiger partial charge in [-0.1, -0.05) is 25.8 Å². The van der Waals surface area contributed by atoms with E-state index in [1.165, 1.54) is 25.3 Å². The maximum atomic E-state index is 10.1. The topological polar surface area (TPSA) is 37.3 Å². The van der Waals surface area contributed by atoms with E-state index in [2.05, 4.69) is 6.92 Å². The summed E-state index contributed by atoms with van der Waals surface area (Å²) in [6.07, 6.45) is 6.73. The first-order valence-corrected chi connectivity index (χ1v) is 4.15. The summed E-state index contributed by atoms with van der Waals surface area (Å²) in [7, 11) is 0. The zero-order valence-electron chi connectivity index (χ0n) is 6.79. The largest absolute Gasteiger partial charge is 0.478 e. The molecular weight excluding hydrogens is 140 g/mol. The van der Waals surface area contributed by atoms with Gasteiger partial charge in [0.1, 0.15) is 0 Å². The van der Waals surface area contributed by atoms with Gasteiger partial charge in [-0.2, -0.15) is 0 Å². The Bertz CT molecular complexity index is 172. The zero-order valence-corrected chi connectivity index (χ0v) is 6.79. The fraction of sp³-hybridized carbons (Fsp3) is 0.667. The van der Waals surface area contributed by atoms with Crippen LogP contribution in [0.1, 0.15) is 26.2 Å². The van der Waals surface area contributed by atoms with Gasteiger partial charge in [0.25, 0.3) is 0 Å². The summed E-state index contributed by atoms with van der Waals surface area (Å²) in [4.78, 5) is 10.1. The van der Waals surface area contributed by atoms with Crippen LogP contribution in [-0.2, 0) is 4.79 Å². The van der Waals surface area contributed by atoms with Crippen LogP contribution in [0.3, 0.4) is 0 Å². The molecule has 0 heterocycles. The molecule has 1 aliphatic carbocycles. The molecule has 0 aliphatic heterocycles. The van der Waals surface area contributed by atoms with E-state index in [1.807, 2.05) is 6.08 Å². The minimum atomic E-state index is -0.827. The van der Waals surface area contributed by atoms with Crippen molar-refractivity contribution in [2.24, 2.45) is 11.8 Å². The highest BCUT2D eigenvalue weighted by Crippen LogP contribution is 2.42. The maximum absolute atomic E-state index is 10.1. The summed E-state index contributed by atoms with van der Waals surface area (Å²) >= 11 is 0. The van der Waals surface area contributed by atoms with Crippen molar-refractivity contribution in [3.8, 4) is 0 Å². The van der Waals surface area contributed by atoms with Crippen molar-refractivity contribution < 1.29 is 9.90 Å². The summed E-state index contributed by atoms with van der Waals surface area (Å²) < 4.78 is 0. The van der Waals surface area contributed by atoms with Crippen LogP contribution in [0.4, 0.5) is 0 Å². The first-order valence-electron chi connectivity index (χ1n) is 4.15. The summed E-state index contributed by atoms with van der Waals surface area (Å²) in [5, 5.41) is 8.32. The molecule has 0 aromatic carbocycles. The van der Waals surface area contributed by atoms with E-state index in [-0.39, 0.29) is 0 Å². The zero-order chi connectivity index (χ0) is 8.27. The van der Waals surface area contributed by atoms with E-state index in [4.69, 9.17) is 5.11 Å². The van der Waals surface area contributed by atoms with Crippen molar-refractivity contribution >= 4 is 5.97 Å². The van der Waals surface area contributed by atoms with Crippen LogP contribution in [0.5, 0.6) is 0 Å². The summed E-state index contributed by atoms with van der Waals surface area (Å²) in [5.74, 6) is 0.508. The number of carbonyl (C=O) groups is 1. The molecule has 2 atom stereocenters. The first kappa shape index (κ1) is 8.31. The third-order valence-corrected chi connectivity index (χ3v) is 2.12. The lowest BCUT2D eigenvalue weighted by Crippen LogP contribution is -1.86. The lowest BCUT2D eigenvalue weighted by Gasteiger charge is -1.88. The molecule has 0 bridgehead atoms. The Balaban J connectivity index is 2.17. The fourth-order valence-electron chi connectivity index (χ4n) is 1.42. The van der Waals surface area contributed by atoms with E-state index in [0.29, 0.717) is 5.92 Å². The lowest BCUT2D eigenvalue weighted by molar-refractivity contribution is -0.131. The van der Waals surface area contributed by atoms with E-state index in [1.54, 1.807) is 0 Å². The Morgan fingerprint density at radius 1 is 1.73 bits per heavy atom. The van der Waals surface area contributed by atoms with E-state index in [0.717, 1.165) is 5.92 Å². The Hall–Kier alpha value is -0.790. The highest BCUT2D eigenvalue weighted by atomic mass is 16.4. The molecule has 11 heavy (non-hydrogen) atoms. The molecule has 0 amide bonds. The van der Waals surface area contributed by atoms with E-state index < -0.39 is 5.97 Å². The third kappa shape index (κ3) is 2.74. The standard InChI is InChI=1S/C9H14O2/c1-2-3-7-6-8(7)4-5-9(10)11/h4-5,7-8H,2-3,6H2,1H3,(H,10,11)/b5-4+/t7-,8-/m1/s1. The van der Waals surface area contributed by atoms with Crippen LogP contribution in [0.25, 0.3) is 0 Å². The number of hydrogen-bond donors (Lipinski definition) is 1. The summed E-state index contributed by atoms with van der Waals surface area (Å²) in [6.45, 7) is 2.16. The number of aliphatic carboxylic acids is 1. The Labute approximate surface area is 66.9 Å². The first-order chi connectivity index (χ1) is 5.24. The number of carboxylic acid groups (broad SMARTS) is 1. The molecule has 1 fully saturated rings. The Morgan fingerprint density at radius 3 is 3.00 bits per heavy atom. The number of hydrogen-bond acceptors (Lipinski definition) is 1. The molecule has 2 heteroatoms. The minimum absolute atomic E-state index is 0.561. The molecule has 62 valence electrons. The SMILES string of the molecule is CCC[C@@H]1C[C@H]1/C=C/C(=O)O. The average Bonchev–Trinajstić information content (AvgIpc) is 2.64. The molecule has 0 radical (unpaired) electrons. The molecule has 1 saturated carbocycles. The van der Waals surface area contributed by atoms with Crippen LogP contribution in [-0.4, -0.2) is 11.1 Å². The van der Waals surface area contributed by atoms with Crippen LogP contribution in [0.2, 0.25) is 0 Å². The fourth-order valence-corrected chi connectivity index (χ4v) is 1.42. The Morgan fingerprint density at radius 2 is 2.45 bits per heavy atom. The van der Waals surface area contributed by atoms with Crippen molar-refractivity contribution in [2.75, 3.05) is 0 Å². The molecule has 1 aliphatic rings. The smallest absolute Gasteiger partial charge is 0.327 e. The summed E-state index contributed by atoms with van der Waals surface area (Å²) in [5.41, 5.74) is 0. The predicted octanol–water partition coefficient (Wildman–Crippen LogP) is 2.06. The number of allylic oxidation sites excluding steroid dienone is 1. The maximum Gasteiger partial charge on any atom is 0.327 e. The second kappa shape index (κ2) is 3.56. The molecule has 1 N–H and O–H groups in total. The van der Waals surface area contributed by atoms with Crippen molar-refractivity contribution in [1.29, 1.82) is 0 Å². The van der Waals surface area contributed by atoms with Gasteiger partial charge in [0.2, 0.25) is 0 Å². The van der Waals surface area contributed by atoms with Crippen LogP contribution in [0.15, 0.2) is 12.2 Å². The molecular formula is C9H14O2. The van der Waals surface area contributed by atoms with Crippen molar-refractivity contribution in [2.45, 2.75) is 26.2 Å². The van der Waals surface area contributed by atoms with Gasteiger partial charge in [-0.25, -0.2) is 4.79 Å². The second-order valence-electron chi connectivity index (χ2n) is 3.15. The van der Waals surface area contributed by atoms with Gasteiger partial charge in [0.05, 0.1) is 0 Å². The minimum Gasteiger partial charge on any atom is -0.478 e. The third-order valence-electron chi connectivity index (χ3n) is 2.12. The predicted molar refractivity (Wildman–Crippen MR) is 43.3 cm³/mol. The van der Waals surface area contributed by atoms with Gasteiger partial charge in [-0.05, 0) is 18.3 Å². The quantitative estimate of drug-likeness (QED) is 0.629. The molecule has 0 spiro atoms. The average molecular weight is 154 g/mol. The number of rotatable bonds is 4. The molecule has 0 aromatic heterocycles. The van der Waals surface area contributed by atoms with Crippen LogP contribution in [0, 0.1) is 11.8 Å². The van der Waals surface area contributed by atoms with Gasteiger partial charge in [0, 0.05) is 6.08 Å². The highest BCUT2D eigenvalue weighted by molar-refractivity contribution is 5.79. The second-order valence-corrected chi connectivity index (χ2v) is 3.15. The normalized spacial score (nSPS) is 29.2. The van der Waals surface area contributed by atoms with Gasteiger partial charge in [-0.3, -0.25) is 0 Å². The molecule has 0 unspecified atom stereocenters. The van der Waals surface area contributed by atoms with E-state index >= 15 is 0 Å². The Kier molecular flexibility index (Phi) is 2.69. The van der Waals surface area contributed by atoms with Crippen molar-refractivity contribution in [3.05, 3.63) is 12.2 Å². The lowest BCUT2D eigenvalue weighted by atomic mass is 10.2. The molecule has 0 aromatic rings. The molecule has 0 saturated heterocycles. The van der Waals surface area contributed by atoms with Gasteiger partial charge < -0.3 is 5.11 Å². The highest BCUT2D eigenvalue weighted by Gasteiger charge is 2.33. The van der Waals surface area contributed by atoms with Crippen molar-refractivity contribution in [1.82, 2.24) is 0 Å². The van der Waals surface area contributed by atoms with Crippen molar-refractivity contribution in [3.63, 3.8) is 0 Å². The van der Waals surface area contributed by atoms with Gasteiger partial charge in [0.15, 0.2) is 0 Å². The van der Waals surface area contributed by atoms with Crippen LogP contribution >= 0.6 is 0 Å². The van der Waals surface area contributed by atoms with Gasteiger partial charge in [-0.15, -0.1) is 0 Å².